The topological polar surface area (TPSA) is 99.6 Å². The van der Waals surface area contributed by atoms with Crippen LogP contribution in [0.5, 0.6) is 0 Å². The molecule has 16 heavy (non-hydrogen) atoms. The highest BCUT2D eigenvalue weighted by molar-refractivity contribution is 4.62. The fourth-order valence-electron chi connectivity index (χ4n) is 0. The normalized spacial score (nSPS) is 6.25. The zero-order valence-electron chi connectivity index (χ0n) is 11.3. The van der Waals surface area contributed by atoms with E-state index < -0.39 is 0 Å². The van der Waals surface area contributed by atoms with Gasteiger partial charge in [0, 0.05) is 12.8 Å². The highest BCUT2D eigenvalue weighted by Gasteiger charge is 1.56. The predicted molar refractivity (Wildman–Crippen MR) is 70.5 cm³/mol. The smallest absolute Gasteiger partial charge is 0.0618 e. The molecule has 0 aliphatic heterocycles. The van der Waals surface area contributed by atoms with E-state index in [1.54, 1.807) is 0 Å². The van der Waals surface area contributed by atoms with Crippen LogP contribution < -0.4 is 11.5 Å². The van der Waals surface area contributed by atoms with Gasteiger partial charge >= 0.3 is 0 Å². The minimum atomic E-state index is 0.625. The summed E-state index contributed by atoms with van der Waals surface area (Å²) in [5.74, 6) is 0. The average molecular weight is 228 g/mol. The fraction of sp³-hybridized carbons (Fsp3) is 0.833. The van der Waals surface area contributed by atoms with Crippen molar-refractivity contribution in [3.05, 3.63) is 0 Å². The van der Waals surface area contributed by atoms with Gasteiger partial charge in [-0.15, -0.1) is 0 Å². The van der Waals surface area contributed by atoms with E-state index in [9.17, 15) is 0 Å². The van der Waals surface area contributed by atoms with Gasteiger partial charge < -0.3 is 11.5 Å². The minimum Gasteiger partial charge on any atom is -0.330 e. The third kappa shape index (κ3) is 217. The lowest BCUT2D eigenvalue weighted by Crippen LogP contribution is -1.93. The molecule has 0 unspecified atom stereocenters. The van der Waals surface area contributed by atoms with E-state index in [-0.39, 0.29) is 0 Å². The Morgan fingerprint density at radius 2 is 0.875 bits per heavy atom. The summed E-state index contributed by atoms with van der Waals surface area (Å²) in [6.45, 7) is 9.39. The second-order valence-electron chi connectivity index (χ2n) is 2.60. The maximum Gasteiger partial charge on any atom is 0.0618 e. The minimum absolute atomic E-state index is 0.625. The summed E-state index contributed by atoms with van der Waals surface area (Å²) >= 11 is 0. The number of hydrogen-bond donors (Lipinski definition) is 2. The maximum absolute atomic E-state index is 7.62. The Balaban J connectivity index is -0.0000000600. The van der Waals surface area contributed by atoms with E-state index in [1.807, 2.05) is 26.0 Å². The standard InChI is InChI=1S/2C3H9N.2C3H5N/c4*1-2-3-4/h2*2-4H2,1H3;2*2H2,1H3. The molecule has 0 radical (unpaired) electrons. The summed E-state index contributed by atoms with van der Waals surface area (Å²) in [5, 5.41) is 15.2. The average Bonchev–Trinajstić information content (AvgIpc) is 2.39. The first-order valence-corrected chi connectivity index (χ1v) is 5.80. The molecule has 0 bridgehead atoms. The molecule has 4 heteroatoms. The van der Waals surface area contributed by atoms with Crippen LogP contribution in [0.15, 0.2) is 0 Å². The third-order valence-corrected chi connectivity index (χ3v) is 0.894. The molecule has 0 aromatic carbocycles. The summed E-state index contributed by atoms with van der Waals surface area (Å²) in [4.78, 5) is 0. The highest BCUT2D eigenvalue weighted by Crippen LogP contribution is 1.59. The van der Waals surface area contributed by atoms with Gasteiger partial charge in [0.25, 0.3) is 0 Å². The van der Waals surface area contributed by atoms with Gasteiger partial charge in [0.1, 0.15) is 0 Å². The van der Waals surface area contributed by atoms with Crippen LogP contribution >= 0.6 is 0 Å². The molecule has 0 aromatic heterocycles. The summed E-state index contributed by atoms with van der Waals surface area (Å²) in [7, 11) is 0. The van der Waals surface area contributed by atoms with Crippen LogP contribution in [0.25, 0.3) is 0 Å². The van der Waals surface area contributed by atoms with Crippen LogP contribution in [0, 0.1) is 22.7 Å². The molecule has 0 aliphatic carbocycles. The molecule has 0 rings (SSSR count). The largest absolute Gasteiger partial charge is 0.330 e. The van der Waals surface area contributed by atoms with Crippen LogP contribution in [0.2, 0.25) is 0 Å². The van der Waals surface area contributed by atoms with Gasteiger partial charge in [0.15, 0.2) is 0 Å². The van der Waals surface area contributed by atoms with Crippen molar-refractivity contribution in [3.63, 3.8) is 0 Å². The van der Waals surface area contributed by atoms with Gasteiger partial charge in [-0.25, -0.2) is 0 Å². The Bertz CT molecular complexity index is 122. The second-order valence-corrected chi connectivity index (χ2v) is 2.60. The van der Waals surface area contributed by atoms with Crippen molar-refractivity contribution in [3.8, 4) is 12.1 Å². The molecule has 4 N–H and O–H groups in total. The van der Waals surface area contributed by atoms with E-state index >= 15 is 0 Å². The van der Waals surface area contributed by atoms with E-state index in [1.165, 1.54) is 0 Å². The molecule has 0 aromatic rings. The zero-order valence-corrected chi connectivity index (χ0v) is 11.3. The van der Waals surface area contributed by atoms with Crippen LogP contribution in [-0.2, 0) is 0 Å². The van der Waals surface area contributed by atoms with E-state index in [4.69, 9.17) is 22.0 Å². The van der Waals surface area contributed by atoms with E-state index in [2.05, 4.69) is 13.8 Å². The highest BCUT2D eigenvalue weighted by atomic mass is 14.5. The Morgan fingerprint density at radius 3 is 0.875 bits per heavy atom. The number of nitrogens with zero attached hydrogens (tertiary/aromatic N) is 2. The van der Waals surface area contributed by atoms with Crippen LogP contribution in [-0.4, -0.2) is 13.1 Å². The molecule has 0 heterocycles. The van der Waals surface area contributed by atoms with Crippen molar-refractivity contribution in [2.75, 3.05) is 13.1 Å². The molecule has 0 atom stereocenters. The second kappa shape index (κ2) is 48.6. The Morgan fingerprint density at radius 1 is 0.750 bits per heavy atom. The molecule has 4 nitrogen and oxygen atoms in total. The van der Waals surface area contributed by atoms with Crippen LogP contribution in [0.1, 0.15) is 53.4 Å². The van der Waals surface area contributed by atoms with Gasteiger partial charge in [-0.2, -0.15) is 10.5 Å². The van der Waals surface area contributed by atoms with Crippen molar-refractivity contribution in [1.29, 1.82) is 10.5 Å². The van der Waals surface area contributed by atoms with Crippen molar-refractivity contribution in [2.24, 2.45) is 11.5 Å². The lowest BCUT2D eigenvalue weighted by atomic mass is 10.5. The van der Waals surface area contributed by atoms with Gasteiger partial charge in [0.05, 0.1) is 12.1 Å². The predicted octanol–water partition coefficient (Wildman–Crippen LogP) is 2.55. The lowest BCUT2D eigenvalue weighted by molar-refractivity contribution is 0.932. The quantitative estimate of drug-likeness (QED) is 0.758. The number of rotatable bonds is 2. The lowest BCUT2D eigenvalue weighted by Gasteiger charge is -1.70. The van der Waals surface area contributed by atoms with Gasteiger partial charge in [0.2, 0.25) is 0 Å². The van der Waals surface area contributed by atoms with Gasteiger partial charge in [-0.3, -0.25) is 0 Å². The summed E-state index contributed by atoms with van der Waals surface area (Å²) in [6, 6.07) is 3.86. The Hall–Kier alpha value is -1.10. The molecule has 0 saturated carbocycles. The van der Waals surface area contributed by atoms with Crippen molar-refractivity contribution in [1.82, 2.24) is 0 Å². The zero-order chi connectivity index (χ0) is 13.7. The van der Waals surface area contributed by atoms with E-state index in [0.29, 0.717) is 12.8 Å². The SMILES string of the molecule is CCC#N.CCC#N.CCCN.CCCN. The molecule has 0 aliphatic rings. The van der Waals surface area contributed by atoms with Gasteiger partial charge in [-0.1, -0.05) is 27.7 Å². The molecule has 0 spiro atoms. The molecule has 0 saturated heterocycles. The first kappa shape index (κ1) is 24.2. The first-order chi connectivity index (χ1) is 7.66. The van der Waals surface area contributed by atoms with Crippen LogP contribution in [0.3, 0.4) is 0 Å². The third-order valence-electron chi connectivity index (χ3n) is 0.894. The van der Waals surface area contributed by atoms with Crippen molar-refractivity contribution >= 4 is 0 Å². The summed E-state index contributed by atoms with van der Waals surface area (Å²) in [6.07, 6.45) is 3.44. The molecule has 96 valence electrons. The van der Waals surface area contributed by atoms with Crippen LogP contribution in [0.4, 0.5) is 0 Å². The monoisotopic (exact) mass is 228 g/mol. The summed E-state index contributed by atoms with van der Waals surface area (Å²) in [5.41, 5.74) is 10.1. The molecule has 0 fully saturated rings. The Kier molecular flexibility index (Phi) is 73.6. The Labute approximate surface area is 101 Å². The van der Waals surface area contributed by atoms with Crippen molar-refractivity contribution < 1.29 is 0 Å². The maximum atomic E-state index is 7.62. The van der Waals surface area contributed by atoms with Gasteiger partial charge in [-0.05, 0) is 25.9 Å². The molecule has 0 amide bonds. The number of nitrogens with two attached hydrogens (primary N) is 2. The fourth-order valence-corrected chi connectivity index (χ4v) is 0. The number of nitriles is 2. The van der Waals surface area contributed by atoms with E-state index in [0.717, 1.165) is 25.9 Å². The molecular weight excluding hydrogens is 200 g/mol. The van der Waals surface area contributed by atoms with Crippen molar-refractivity contribution in [2.45, 2.75) is 53.4 Å². The summed E-state index contributed by atoms with van der Waals surface area (Å²) < 4.78 is 0. The number of hydrogen-bond acceptors (Lipinski definition) is 4. The molecular formula is C12H28N4. The first-order valence-electron chi connectivity index (χ1n) is 5.80.